The Hall–Kier alpha value is -0.160. The monoisotopic (exact) mass is 358 g/mol. The number of hydrogen-bond acceptors (Lipinski definition) is 4. The van der Waals surface area contributed by atoms with Crippen LogP contribution in [0.4, 0.5) is 0 Å². The smallest absolute Gasteiger partial charge is 0.228 e. The van der Waals surface area contributed by atoms with Gasteiger partial charge in [0.2, 0.25) is 5.79 Å². The van der Waals surface area contributed by atoms with Crippen LogP contribution in [0.5, 0.6) is 0 Å². The fraction of sp³-hybridized carbons (Fsp3) is 1.00. The third kappa shape index (κ3) is 9.93. The van der Waals surface area contributed by atoms with Crippen LogP contribution >= 0.6 is 0 Å². The lowest BCUT2D eigenvalue weighted by molar-refractivity contribution is -0.552. The summed E-state index contributed by atoms with van der Waals surface area (Å²) in [5, 5.41) is 0. The van der Waals surface area contributed by atoms with E-state index >= 15 is 0 Å². The molecule has 1 saturated carbocycles. The van der Waals surface area contributed by atoms with Crippen molar-refractivity contribution < 1.29 is 19.6 Å². The van der Waals surface area contributed by atoms with Crippen LogP contribution < -0.4 is 0 Å². The molecule has 25 heavy (non-hydrogen) atoms. The Bertz CT molecular complexity index is 336. The van der Waals surface area contributed by atoms with Crippen LogP contribution in [-0.4, -0.2) is 17.0 Å². The van der Waals surface area contributed by atoms with Gasteiger partial charge in [-0.3, -0.25) is 0 Å². The molecule has 1 fully saturated rings. The highest BCUT2D eigenvalue weighted by atomic mass is 17.3. The summed E-state index contributed by atoms with van der Waals surface area (Å²) in [6, 6.07) is 0. The lowest BCUT2D eigenvalue weighted by atomic mass is 9.89. The zero-order valence-corrected chi connectivity index (χ0v) is 17.8. The van der Waals surface area contributed by atoms with Crippen LogP contribution in [0.2, 0.25) is 0 Å². The first-order valence-corrected chi connectivity index (χ1v) is 10.3. The highest BCUT2D eigenvalue weighted by Crippen LogP contribution is 2.37. The van der Waals surface area contributed by atoms with Crippen molar-refractivity contribution in [3.05, 3.63) is 0 Å². The lowest BCUT2D eigenvalue weighted by Crippen LogP contribution is -2.46. The Morgan fingerprint density at radius 2 is 1.04 bits per heavy atom. The molecule has 150 valence electrons. The maximum absolute atomic E-state index is 6.00. The highest BCUT2D eigenvalue weighted by Gasteiger charge is 2.43. The standard InChI is InChI=1S/C21H42O4/c1-18-16-14-12-10-8-9-11-13-15-17-21(18,24-22-19(2,3)4)25-23-20(5,6)7/h18H,8-17H2,1-7H3. The second-order valence-electron chi connectivity index (χ2n) is 9.64. The molecule has 0 saturated heterocycles. The maximum atomic E-state index is 6.00. The van der Waals surface area contributed by atoms with Gasteiger partial charge < -0.3 is 0 Å². The van der Waals surface area contributed by atoms with E-state index in [2.05, 4.69) is 6.92 Å². The first-order chi connectivity index (χ1) is 11.5. The van der Waals surface area contributed by atoms with E-state index in [1.165, 1.54) is 44.9 Å². The molecule has 1 atom stereocenters. The number of rotatable bonds is 4. The van der Waals surface area contributed by atoms with Gasteiger partial charge in [-0.1, -0.05) is 51.9 Å². The summed E-state index contributed by atoms with van der Waals surface area (Å²) in [5.41, 5.74) is -0.775. The van der Waals surface area contributed by atoms with Crippen LogP contribution in [0.15, 0.2) is 0 Å². The van der Waals surface area contributed by atoms with Crippen LogP contribution in [0, 0.1) is 5.92 Å². The molecule has 0 heterocycles. The Morgan fingerprint density at radius 1 is 0.640 bits per heavy atom. The molecule has 0 aromatic rings. The molecule has 0 radical (unpaired) electrons. The van der Waals surface area contributed by atoms with Gasteiger partial charge in [-0.15, -0.1) is 0 Å². The molecule has 0 N–H and O–H groups in total. The summed E-state index contributed by atoms with van der Waals surface area (Å²) < 4.78 is 0. The van der Waals surface area contributed by atoms with Crippen LogP contribution in [0.3, 0.4) is 0 Å². The number of hydrogen-bond donors (Lipinski definition) is 0. The molecule has 0 spiro atoms. The third-order valence-corrected chi connectivity index (χ3v) is 4.53. The summed E-state index contributed by atoms with van der Waals surface area (Å²) in [6.45, 7) is 14.1. The molecule has 0 aromatic heterocycles. The second kappa shape index (κ2) is 10.2. The van der Waals surface area contributed by atoms with E-state index in [9.17, 15) is 0 Å². The summed E-state index contributed by atoms with van der Waals surface area (Å²) in [7, 11) is 0. The van der Waals surface area contributed by atoms with E-state index in [1.807, 2.05) is 41.5 Å². The summed E-state index contributed by atoms with van der Waals surface area (Å²) in [6.07, 6.45) is 11.9. The van der Waals surface area contributed by atoms with Gasteiger partial charge >= 0.3 is 0 Å². The molecule has 4 nitrogen and oxygen atoms in total. The molecule has 0 amide bonds. The van der Waals surface area contributed by atoms with E-state index in [1.54, 1.807) is 0 Å². The molecular formula is C21H42O4. The molecule has 1 aliphatic carbocycles. The zero-order valence-electron chi connectivity index (χ0n) is 17.8. The fourth-order valence-corrected chi connectivity index (χ4v) is 3.00. The largest absolute Gasteiger partial charge is 0.236 e. The van der Waals surface area contributed by atoms with Crippen LogP contribution in [-0.2, 0) is 19.6 Å². The second-order valence-corrected chi connectivity index (χ2v) is 9.64. The Balaban J connectivity index is 2.91. The average Bonchev–Trinajstić information content (AvgIpc) is 2.47. The lowest BCUT2D eigenvalue weighted by Gasteiger charge is -2.39. The summed E-state index contributed by atoms with van der Waals surface area (Å²) in [5.74, 6) is -0.642. The quantitative estimate of drug-likeness (QED) is 0.317. The van der Waals surface area contributed by atoms with Gasteiger partial charge in [-0.2, -0.15) is 9.78 Å². The maximum Gasteiger partial charge on any atom is 0.236 e. The van der Waals surface area contributed by atoms with E-state index in [0.29, 0.717) is 0 Å². The molecule has 4 heteroatoms. The molecule has 0 aromatic carbocycles. The van der Waals surface area contributed by atoms with E-state index < -0.39 is 5.79 Å². The van der Waals surface area contributed by atoms with E-state index in [-0.39, 0.29) is 17.1 Å². The molecule has 0 aliphatic heterocycles. The van der Waals surface area contributed by atoms with Crippen molar-refractivity contribution in [3.8, 4) is 0 Å². The van der Waals surface area contributed by atoms with Crippen molar-refractivity contribution >= 4 is 0 Å². The normalized spacial score (nSPS) is 24.4. The van der Waals surface area contributed by atoms with Gasteiger partial charge in [-0.05, 0) is 54.4 Å². The third-order valence-electron chi connectivity index (χ3n) is 4.53. The minimum atomic E-state index is -0.847. The van der Waals surface area contributed by atoms with Gasteiger partial charge in [0.1, 0.15) is 0 Å². The molecule has 1 rings (SSSR count). The predicted molar refractivity (Wildman–Crippen MR) is 102 cm³/mol. The van der Waals surface area contributed by atoms with Crippen LogP contribution in [0.25, 0.3) is 0 Å². The van der Waals surface area contributed by atoms with Crippen molar-refractivity contribution in [2.45, 2.75) is 130 Å². The van der Waals surface area contributed by atoms with Crippen molar-refractivity contribution in [3.63, 3.8) is 0 Å². The van der Waals surface area contributed by atoms with Crippen molar-refractivity contribution in [1.29, 1.82) is 0 Å². The first-order valence-electron chi connectivity index (χ1n) is 10.3. The molecular weight excluding hydrogens is 316 g/mol. The Morgan fingerprint density at radius 3 is 1.48 bits per heavy atom. The highest BCUT2D eigenvalue weighted by molar-refractivity contribution is 4.77. The minimum Gasteiger partial charge on any atom is -0.228 e. The van der Waals surface area contributed by atoms with Crippen molar-refractivity contribution in [2.24, 2.45) is 5.92 Å². The van der Waals surface area contributed by atoms with E-state index in [4.69, 9.17) is 19.6 Å². The zero-order chi connectivity index (χ0) is 19.0. The van der Waals surface area contributed by atoms with Gasteiger partial charge in [-0.25, -0.2) is 9.78 Å². The van der Waals surface area contributed by atoms with Gasteiger partial charge in [0.15, 0.2) is 0 Å². The first kappa shape index (κ1) is 22.9. The topological polar surface area (TPSA) is 36.9 Å². The Labute approximate surface area is 155 Å². The van der Waals surface area contributed by atoms with E-state index in [0.717, 1.165) is 19.3 Å². The fourth-order valence-electron chi connectivity index (χ4n) is 3.00. The molecule has 1 aliphatic rings. The van der Waals surface area contributed by atoms with Gasteiger partial charge in [0, 0.05) is 12.3 Å². The predicted octanol–water partition coefficient (Wildman–Crippen LogP) is 6.73. The van der Waals surface area contributed by atoms with Crippen molar-refractivity contribution in [1.82, 2.24) is 0 Å². The molecule has 1 unspecified atom stereocenters. The van der Waals surface area contributed by atoms with Crippen molar-refractivity contribution in [2.75, 3.05) is 0 Å². The minimum absolute atomic E-state index is 0.205. The van der Waals surface area contributed by atoms with Gasteiger partial charge in [0.05, 0.1) is 11.2 Å². The van der Waals surface area contributed by atoms with Gasteiger partial charge in [0.25, 0.3) is 0 Å². The summed E-state index contributed by atoms with van der Waals surface area (Å²) in [4.78, 5) is 23.5. The SMILES string of the molecule is CC1CCCCCCCCCCC1(OOC(C)(C)C)OOC(C)(C)C. The Kier molecular flexibility index (Phi) is 9.38. The average molecular weight is 359 g/mol. The summed E-state index contributed by atoms with van der Waals surface area (Å²) >= 11 is 0. The van der Waals surface area contributed by atoms with Crippen LogP contribution in [0.1, 0.15) is 113 Å². The molecule has 0 bridgehead atoms.